The van der Waals surface area contributed by atoms with Crippen LogP contribution in [0.2, 0.25) is 0 Å². The molecule has 0 saturated carbocycles. The van der Waals surface area contributed by atoms with Crippen molar-refractivity contribution in [1.82, 2.24) is 14.9 Å². The molecule has 2 atom stereocenters. The van der Waals surface area contributed by atoms with E-state index in [0.29, 0.717) is 10.7 Å². The van der Waals surface area contributed by atoms with Crippen LogP contribution in [0, 0.1) is 20.8 Å². The average molecular weight is 589 g/mol. The third-order valence-electron chi connectivity index (χ3n) is 7.78. The predicted octanol–water partition coefficient (Wildman–Crippen LogP) is 7.55. The molecule has 1 aliphatic rings. The number of hydrogen-bond acceptors (Lipinski definition) is 5. The average Bonchev–Trinajstić information content (AvgIpc) is 3.53. The molecule has 1 saturated heterocycles. The molecular formula is C35H32N4O3S. The van der Waals surface area contributed by atoms with E-state index in [-0.39, 0.29) is 18.1 Å². The van der Waals surface area contributed by atoms with E-state index in [4.69, 9.17) is 26.7 Å². The van der Waals surface area contributed by atoms with Gasteiger partial charge in [-0.25, -0.2) is 4.79 Å². The first-order valence-electron chi connectivity index (χ1n) is 14.1. The first kappa shape index (κ1) is 28.2. The summed E-state index contributed by atoms with van der Waals surface area (Å²) in [5, 5.41) is 4.16. The van der Waals surface area contributed by atoms with E-state index < -0.39 is 0 Å². The number of nitrogens with zero attached hydrogens (tertiary/aromatic N) is 3. The first-order valence-corrected chi connectivity index (χ1v) is 14.5. The lowest BCUT2D eigenvalue weighted by molar-refractivity contribution is 0.0600. The van der Waals surface area contributed by atoms with Gasteiger partial charge in [0.15, 0.2) is 5.11 Å². The van der Waals surface area contributed by atoms with Gasteiger partial charge in [0, 0.05) is 29.0 Å². The fourth-order valence-corrected chi connectivity index (χ4v) is 6.09. The van der Waals surface area contributed by atoms with Gasteiger partial charge >= 0.3 is 5.97 Å². The highest BCUT2D eigenvalue weighted by Crippen LogP contribution is 2.44. The predicted molar refractivity (Wildman–Crippen MR) is 172 cm³/mol. The molecule has 2 aromatic heterocycles. The number of aromatic nitrogens is 2. The zero-order valence-electron chi connectivity index (χ0n) is 24.4. The lowest BCUT2D eigenvalue weighted by atomic mass is 9.96. The van der Waals surface area contributed by atoms with Gasteiger partial charge in [-0.3, -0.25) is 4.98 Å². The van der Waals surface area contributed by atoms with E-state index in [1.165, 1.54) is 12.7 Å². The molecule has 5 aromatic rings. The summed E-state index contributed by atoms with van der Waals surface area (Å²) in [7, 11) is 1.39. The van der Waals surface area contributed by atoms with Gasteiger partial charge in [0.05, 0.1) is 30.5 Å². The lowest BCUT2D eigenvalue weighted by Crippen LogP contribution is -2.29. The van der Waals surface area contributed by atoms with Crippen LogP contribution in [0.25, 0.3) is 5.69 Å². The molecule has 1 aliphatic heterocycles. The highest BCUT2D eigenvalue weighted by molar-refractivity contribution is 7.80. The number of aryl methyl sites for hydroxylation is 2. The van der Waals surface area contributed by atoms with Gasteiger partial charge in [-0.2, -0.15) is 0 Å². The van der Waals surface area contributed by atoms with Gasteiger partial charge in [0.1, 0.15) is 11.5 Å². The van der Waals surface area contributed by atoms with Crippen molar-refractivity contribution in [2.75, 3.05) is 12.0 Å². The van der Waals surface area contributed by atoms with Crippen molar-refractivity contribution >= 4 is 29.0 Å². The topological polar surface area (TPSA) is 68.6 Å². The zero-order chi connectivity index (χ0) is 30.1. The van der Waals surface area contributed by atoms with Gasteiger partial charge in [0.2, 0.25) is 0 Å². The van der Waals surface area contributed by atoms with Crippen molar-refractivity contribution in [1.29, 1.82) is 0 Å². The molecule has 2 unspecified atom stereocenters. The number of rotatable bonds is 7. The van der Waals surface area contributed by atoms with Crippen LogP contribution in [-0.4, -0.2) is 27.7 Å². The van der Waals surface area contributed by atoms with E-state index in [1.54, 1.807) is 12.3 Å². The van der Waals surface area contributed by atoms with Crippen LogP contribution < -0.4 is 15.0 Å². The van der Waals surface area contributed by atoms with E-state index >= 15 is 0 Å². The smallest absolute Gasteiger partial charge is 0.337 e. The van der Waals surface area contributed by atoms with Crippen LogP contribution in [0.15, 0.2) is 103 Å². The molecule has 43 heavy (non-hydrogen) atoms. The van der Waals surface area contributed by atoms with Crippen molar-refractivity contribution < 1.29 is 14.3 Å². The molecular weight excluding hydrogens is 556 g/mol. The first-order chi connectivity index (χ1) is 20.8. The lowest BCUT2D eigenvalue weighted by Gasteiger charge is -2.28. The van der Waals surface area contributed by atoms with Crippen LogP contribution >= 0.6 is 12.2 Å². The minimum atomic E-state index is -0.369. The Balaban J connectivity index is 1.40. The van der Waals surface area contributed by atoms with Gasteiger partial charge < -0.3 is 24.3 Å². The van der Waals surface area contributed by atoms with E-state index in [9.17, 15) is 4.79 Å². The third-order valence-corrected chi connectivity index (χ3v) is 8.10. The summed E-state index contributed by atoms with van der Waals surface area (Å²) in [5.74, 6) is 1.16. The molecule has 216 valence electrons. The van der Waals surface area contributed by atoms with Crippen LogP contribution in [0.4, 0.5) is 5.69 Å². The summed E-state index contributed by atoms with van der Waals surface area (Å²) in [6, 6.07) is 31.2. The monoisotopic (exact) mass is 588 g/mol. The second kappa shape index (κ2) is 11.7. The molecule has 7 nitrogen and oxygen atoms in total. The van der Waals surface area contributed by atoms with E-state index in [0.717, 1.165) is 45.5 Å². The quantitative estimate of drug-likeness (QED) is 0.155. The Morgan fingerprint density at radius 2 is 1.58 bits per heavy atom. The standard InChI is InChI=1S/C35H32N4O3S/c1-22-11-15-28(16-12-22)42-29-17-13-26(14-18-29)39-33(32(37-35(39)43)31-10-5-6-19-36-31)30-20-23(2)38(24(30)3)27-9-7-8-25(21-27)34(40)41-4/h5-21,32-33H,1-4H3,(H,37,43). The number of nitrogens with one attached hydrogen (secondary N) is 1. The SMILES string of the molecule is COC(=O)c1cccc(-n2c(C)cc(C3C(c4ccccn4)NC(=S)N3c3ccc(Oc4ccc(C)cc4)cc3)c2C)c1. The van der Waals surface area contributed by atoms with E-state index in [1.807, 2.05) is 84.9 Å². The van der Waals surface area contributed by atoms with Crippen molar-refractivity contribution in [3.63, 3.8) is 0 Å². The number of pyridine rings is 1. The Hall–Kier alpha value is -4.95. The van der Waals surface area contributed by atoms with Crippen molar-refractivity contribution in [2.45, 2.75) is 32.9 Å². The minimum Gasteiger partial charge on any atom is -0.465 e. The fourth-order valence-electron chi connectivity index (χ4n) is 5.74. The summed E-state index contributed by atoms with van der Waals surface area (Å²) in [6.07, 6.45) is 1.80. The van der Waals surface area contributed by atoms with Gasteiger partial charge in [0.25, 0.3) is 0 Å². The summed E-state index contributed by atoms with van der Waals surface area (Å²) >= 11 is 5.96. The molecule has 3 heterocycles. The van der Waals surface area contributed by atoms with Crippen molar-refractivity contribution in [3.8, 4) is 17.2 Å². The maximum absolute atomic E-state index is 12.3. The Morgan fingerprint density at radius 3 is 2.26 bits per heavy atom. The largest absolute Gasteiger partial charge is 0.465 e. The Morgan fingerprint density at radius 1 is 0.860 bits per heavy atom. The highest BCUT2D eigenvalue weighted by Gasteiger charge is 2.42. The van der Waals surface area contributed by atoms with Crippen LogP contribution in [-0.2, 0) is 4.74 Å². The second-order valence-electron chi connectivity index (χ2n) is 10.6. The van der Waals surface area contributed by atoms with Gasteiger partial charge in [-0.1, -0.05) is 29.8 Å². The molecule has 0 amide bonds. The van der Waals surface area contributed by atoms with Crippen LogP contribution in [0.5, 0.6) is 11.5 Å². The molecule has 1 fully saturated rings. The molecule has 8 heteroatoms. The Kier molecular flexibility index (Phi) is 7.69. The molecule has 0 spiro atoms. The van der Waals surface area contributed by atoms with Crippen LogP contribution in [0.3, 0.4) is 0 Å². The number of carbonyl (C=O) groups is 1. The minimum absolute atomic E-state index is 0.185. The number of benzene rings is 3. The Labute approximate surface area is 256 Å². The number of esters is 1. The normalized spacial score (nSPS) is 16.2. The number of carbonyl (C=O) groups excluding carboxylic acids is 1. The summed E-state index contributed by atoms with van der Waals surface area (Å²) < 4.78 is 13.2. The number of thiocarbonyl (C=S) groups is 1. The number of methoxy groups -OCH3 is 1. The molecule has 0 bridgehead atoms. The van der Waals surface area contributed by atoms with Crippen LogP contribution in [0.1, 0.15) is 50.7 Å². The molecule has 3 aromatic carbocycles. The highest BCUT2D eigenvalue weighted by atomic mass is 32.1. The second-order valence-corrected chi connectivity index (χ2v) is 11.0. The number of hydrogen-bond donors (Lipinski definition) is 1. The number of ether oxygens (including phenoxy) is 2. The molecule has 0 aliphatic carbocycles. The fraction of sp³-hybridized carbons (Fsp3) is 0.171. The maximum atomic E-state index is 12.3. The number of anilines is 1. The Bertz CT molecular complexity index is 1780. The van der Waals surface area contributed by atoms with Crippen molar-refractivity contribution in [3.05, 3.63) is 137 Å². The van der Waals surface area contributed by atoms with Crippen molar-refractivity contribution in [2.24, 2.45) is 0 Å². The van der Waals surface area contributed by atoms with E-state index in [2.05, 4.69) is 41.6 Å². The van der Waals surface area contributed by atoms with Gasteiger partial charge in [-0.15, -0.1) is 0 Å². The summed E-state index contributed by atoms with van der Waals surface area (Å²) in [6.45, 7) is 6.22. The molecule has 6 rings (SSSR count). The third kappa shape index (κ3) is 5.49. The van der Waals surface area contributed by atoms with Gasteiger partial charge in [-0.05, 0) is 111 Å². The zero-order valence-corrected chi connectivity index (χ0v) is 25.3. The molecule has 1 N–H and O–H groups in total. The summed E-state index contributed by atoms with van der Waals surface area (Å²) in [4.78, 5) is 19.1. The summed E-state index contributed by atoms with van der Waals surface area (Å²) in [5.41, 5.74) is 7.58. The molecule has 0 radical (unpaired) electrons. The maximum Gasteiger partial charge on any atom is 0.337 e.